The van der Waals surface area contributed by atoms with Gasteiger partial charge in [0.25, 0.3) is 0 Å². The van der Waals surface area contributed by atoms with Crippen molar-refractivity contribution in [2.75, 3.05) is 0 Å². The van der Waals surface area contributed by atoms with E-state index >= 15 is 0 Å². The Morgan fingerprint density at radius 2 is 1.47 bits per heavy atom. The Kier molecular flexibility index (Phi) is 8.36. The number of rotatable bonds is 9. The number of hydrogen-bond acceptors (Lipinski definition) is 0. The fourth-order valence-electron chi connectivity index (χ4n) is 7.35. The molecule has 168 valence electrons. The maximum Gasteiger partial charge on any atom is -0.0245 e. The minimum absolute atomic E-state index is 0.978. The van der Waals surface area contributed by atoms with Crippen LogP contribution in [0.25, 0.3) is 0 Å². The molecule has 4 rings (SSSR count). The number of aryl methyl sites for hydroxylation is 2. The van der Waals surface area contributed by atoms with Crippen LogP contribution in [-0.2, 0) is 19.3 Å². The molecule has 2 fully saturated rings. The Morgan fingerprint density at radius 1 is 0.700 bits per heavy atom. The molecule has 1 aromatic rings. The van der Waals surface area contributed by atoms with Crippen LogP contribution in [0, 0.1) is 29.6 Å². The van der Waals surface area contributed by atoms with Crippen molar-refractivity contribution in [1.82, 2.24) is 0 Å². The molecule has 0 aliphatic heterocycles. The highest BCUT2D eigenvalue weighted by molar-refractivity contribution is 5.34. The second-order valence-electron chi connectivity index (χ2n) is 11.3. The van der Waals surface area contributed by atoms with E-state index in [4.69, 9.17) is 0 Å². The fourth-order valence-corrected chi connectivity index (χ4v) is 7.35. The molecular formula is C30H48. The molecule has 0 heteroatoms. The number of hydrogen-bond donors (Lipinski definition) is 0. The van der Waals surface area contributed by atoms with Gasteiger partial charge >= 0.3 is 0 Å². The van der Waals surface area contributed by atoms with E-state index in [0.29, 0.717) is 0 Å². The summed E-state index contributed by atoms with van der Waals surface area (Å²) in [5.74, 6) is 5.24. The first-order chi connectivity index (χ1) is 14.8. The van der Waals surface area contributed by atoms with Crippen molar-refractivity contribution >= 4 is 0 Å². The molecule has 0 amide bonds. The first-order valence-corrected chi connectivity index (χ1v) is 13.9. The van der Waals surface area contributed by atoms with Gasteiger partial charge in [-0.2, -0.15) is 0 Å². The second-order valence-corrected chi connectivity index (χ2v) is 11.3. The molecule has 0 nitrogen and oxygen atoms in total. The molecule has 0 saturated heterocycles. The van der Waals surface area contributed by atoms with Crippen LogP contribution in [0.1, 0.15) is 120 Å². The average molecular weight is 409 g/mol. The highest BCUT2D eigenvalue weighted by Crippen LogP contribution is 2.49. The van der Waals surface area contributed by atoms with E-state index in [1.54, 1.807) is 48.8 Å². The van der Waals surface area contributed by atoms with Crippen molar-refractivity contribution in [1.29, 1.82) is 0 Å². The molecule has 2 saturated carbocycles. The van der Waals surface area contributed by atoms with Gasteiger partial charge in [-0.3, -0.25) is 0 Å². The van der Waals surface area contributed by atoms with E-state index in [-0.39, 0.29) is 0 Å². The van der Waals surface area contributed by atoms with E-state index in [1.807, 2.05) is 0 Å². The van der Waals surface area contributed by atoms with Crippen LogP contribution in [0.3, 0.4) is 0 Å². The third-order valence-corrected chi connectivity index (χ3v) is 9.25. The van der Waals surface area contributed by atoms with E-state index in [2.05, 4.69) is 32.0 Å². The van der Waals surface area contributed by atoms with Gasteiger partial charge in [-0.15, -0.1) is 0 Å². The number of fused-ring (bicyclic) bond motifs is 2. The second kappa shape index (κ2) is 11.2. The minimum atomic E-state index is 0.978. The quantitative estimate of drug-likeness (QED) is 0.358. The average Bonchev–Trinajstić information content (AvgIpc) is 2.79. The monoisotopic (exact) mass is 408 g/mol. The van der Waals surface area contributed by atoms with Crippen molar-refractivity contribution in [3.63, 3.8) is 0 Å². The van der Waals surface area contributed by atoms with Gasteiger partial charge in [-0.25, -0.2) is 0 Å². The van der Waals surface area contributed by atoms with Crippen molar-refractivity contribution in [3.05, 3.63) is 34.9 Å². The van der Waals surface area contributed by atoms with Gasteiger partial charge < -0.3 is 0 Å². The fraction of sp³-hybridized carbons (Fsp3) is 0.800. The largest absolute Gasteiger partial charge is 0.0654 e. The van der Waals surface area contributed by atoms with Crippen molar-refractivity contribution in [2.24, 2.45) is 29.6 Å². The zero-order valence-corrected chi connectivity index (χ0v) is 20.1. The first-order valence-electron chi connectivity index (χ1n) is 13.9. The van der Waals surface area contributed by atoms with E-state index in [9.17, 15) is 0 Å². The lowest BCUT2D eigenvalue weighted by Gasteiger charge is -2.45. The number of unbranched alkanes of at least 4 members (excludes halogenated alkanes) is 4. The third kappa shape index (κ3) is 5.72. The van der Waals surface area contributed by atoms with E-state index in [0.717, 1.165) is 29.6 Å². The van der Waals surface area contributed by atoms with Crippen LogP contribution in [0.5, 0.6) is 0 Å². The third-order valence-electron chi connectivity index (χ3n) is 9.25. The van der Waals surface area contributed by atoms with Crippen LogP contribution in [-0.4, -0.2) is 0 Å². The predicted molar refractivity (Wildman–Crippen MR) is 131 cm³/mol. The zero-order chi connectivity index (χ0) is 20.8. The zero-order valence-electron chi connectivity index (χ0n) is 20.1. The summed E-state index contributed by atoms with van der Waals surface area (Å²) in [5, 5.41) is 0. The number of benzene rings is 1. The lowest BCUT2D eigenvalue weighted by molar-refractivity contribution is 0.0690. The van der Waals surface area contributed by atoms with Gasteiger partial charge in [-0.05, 0) is 110 Å². The molecule has 5 atom stereocenters. The van der Waals surface area contributed by atoms with Crippen LogP contribution in [0.15, 0.2) is 18.2 Å². The van der Waals surface area contributed by atoms with Crippen molar-refractivity contribution in [2.45, 2.75) is 123 Å². The molecule has 0 aromatic heterocycles. The summed E-state index contributed by atoms with van der Waals surface area (Å²) in [4.78, 5) is 0. The summed E-state index contributed by atoms with van der Waals surface area (Å²) in [5.41, 5.74) is 4.97. The van der Waals surface area contributed by atoms with Gasteiger partial charge in [0, 0.05) is 0 Å². The SMILES string of the molecule is CCCCCCC1CCC2CC(C3CCc4cc(CCCC)ccc4C3)CCC2C1. The molecule has 0 heterocycles. The highest BCUT2D eigenvalue weighted by atomic mass is 14.4. The van der Waals surface area contributed by atoms with Crippen LogP contribution in [0.2, 0.25) is 0 Å². The summed E-state index contributed by atoms with van der Waals surface area (Å²) in [6.07, 6.45) is 24.8. The van der Waals surface area contributed by atoms with Gasteiger partial charge in [0.2, 0.25) is 0 Å². The molecule has 3 aliphatic rings. The summed E-state index contributed by atoms with van der Waals surface area (Å²) >= 11 is 0. The summed E-state index contributed by atoms with van der Waals surface area (Å²) in [6.45, 7) is 4.64. The van der Waals surface area contributed by atoms with Gasteiger partial charge in [0.1, 0.15) is 0 Å². The minimum Gasteiger partial charge on any atom is -0.0654 e. The van der Waals surface area contributed by atoms with Crippen molar-refractivity contribution < 1.29 is 0 Å². The van der Waals surface area contributed by atoms with Gasteiger partial charge in [-0.1, -0.05) is 77.0 Å². The molecule has 3 aliphatic carbocycles. The van der Waals surface area contributed by atoms with Gasteiger partial charge in [0.05, 0.1) is 0 Å². The Bertz CT molecular complexity index is 643. The molecule has 1 aromatic carbocycles. The molecule has 0 radical (unpaired) electrons. The first kappa shape index (κ1) is 22.4. The van der Waals surface area contributed by atoms with Crippen LogP contribution in [0.4, 0.5) is 0 Å². The highest BCUT2D eigenvalue weighted by Gasteiger charge is 2.38. The van der Waals surface area contributed by atoms with E-state index in [1.165, 1.54) is 77.0 Å². The maximum absolute atomic E-state index is 2.56. The normalized spacial score (nSPS) is 31.2. The Hall–Kier alpha value is -0.780. The topological polar surface area (TPSA) is 0 Å². The molecule has 0 spiro atoms. The van der Waals surface area contributed by atoms with Crippen LogP contribution >= 0.6 is 0 Å². The Balaban J connectivity index is 1.26. The predicted octanol–water partition coefficient (Wildman–Crippen LogP) is 8.94. The smallest absolute Gasteiger partial charge is 0.0245 e. The Labute approximate surface area is 187 Å². The molecule has 5 unspecified atom stereocenters. The Morgan fingerprint density at radius 3 is 2.30 bits per heavy atom. The van der Waals surface area contributed by atoms with Gasteiger partial charge in [0.15, 0.2) is 0 Å². The molecule has 30 heavy (non-hydrogen) atoms. The molecule has 0 bridgehead atoms. The lowest BCUT2D eigenvalue weighted by Crippen LogP contribution is -2.35. The summed E-state index contributed by atoms with van der Waals surface area (Å²) in [7, 11) is 0. The van der Waals surface area contributed by atoms with Crippen molar-refractivity contribution in [3.8, 4) is 0 Å². The molecule has 0 N–H and O–H groups in total. The maximum atomic E-state index is 2.56. The summed E-state index contributed by atoms with van der Waals surface area (Å²) < 4.78 is 0. The van der Waals surface area contributed by atoms with E-state index < -0.39 is 0 Å². The standard InChI is InChI=1S/C30H48/c1-3-5-7-8-10-24-12-14-28-22-30(18-16-26(28)20-24)29-17-15-25-19-23(9-6-4-2)11-13-27(25)21-29/h11,13,19,24,26,28-30H,3-10,12,14-18,20-22H2,1-2H3. The molecular weight excluding hydrogens is 360 g/mol. The summed E-state index contributed by atoms with van der Waals surface area (Å²) in [6, 6.07) is 7.50. The lowest BCUT2D eigenvalue weighted by atomic mass is 9.61. The van der Waals surface area contributed by atoms with Crippen LogP contribution < -0.4 is 0 Å².